The monoisotopic (exact) mass is 280 g/mol. The smallest absolute Gasteiger partial charge is 0.251 e. The highest BCUT2D eigenvalue weighted by Crippen LogP contribution is 2.39. The van der Waals surface area contributed by atoms with Gasteiger partial charge in [-0.2, -0.15) is 0 Å². The van der Waals surface area contributed by atoms with Gasteiger partial charge in [0, 0.05) is 18.7 Å². The molecular weight excluding hydrogens is 260 g/mol. The number of carbonyl (C=O) groups is 1. The largest absolute Gasteiger partial charge is 0.381 e. The molecule has 1 saturated carbocycles. The van der Waals surface area contributed by atoms with Gasteiger partial charge in [-0.15, -0.1) is 0 Å². The van der Waals surface area contributed by atoms with Crippen LogP contribution in [0.2, 0.25) is 5.02 Å². The molecule has 1 unspecified atom stereocenters. The molecule has 1 aliphatic carbocycles. The first-order valence-corrected chi connectivity index (χ1v) is 7.07. The fourth-order valence-corrected chi connectivity index (χ4v) is 2.87. The van der Waals surface area contributed by atoms with Crippen molar-refractivity contribution in [3.63, 3.8) is 0 Å². The number of hydrogen-bond donors (Lipinski definition) is 2. The van der Waals surface area contributed by atoms with Crippen molar-refractivity contribution in [1.82, 2.24) is 5.32 Å². The Balaban J connectivity index is 2.14. The Kier molecular flexibility index (Phi) is 4.04. The van der Waals surface area contributed by atoms with Crippen molar-refractivity contribution in [3.05, 3.63) is 28.8 Å². The summed E-state index contributed by atoms with van der Waals surface area (Å²) in [6.45, 7) is 4.58. The lowest BCUT2D eigenvalue weighted by atomic mass is 9.92. The van der Waals surface area contributed by atoms with Gasteiger partial charge >= 0.3 is 0 Å². The maximum Gasteiger partial charge on any atom is 0.251 e. The Morgan fingerprint density at radius 2 is 2.16 bits per heavy atom. The standard InChI is InChI=1S/C15H21ClN2O/c1-15(2)7-6-11(9-15)18-13-8-10(14(19)17-3)4-5-12(13)16/h4-5,8,11,18H,6-7,9H2,1-3H3,(H,17,19). The number of carbonyl (C=O) groups excluding carboxylic acids is 1. The van der Waals surface area contributed by atoms with Crippen LogP contribution in [0, 0.1) is 5.41 Å². The molecule has 0 spiro atoms. The van der Waals surface area contributed by atoms with Gasteiger partial charge in [0.2, 0.25) is 0 Å². The van der Waals surface area contributed by atoms with E-state index < -0.39 is 0 Å². The van der Waals surface area contributed by atoms with E-state index in [9.17, 15) is 4.79 Å². The third-order valence-corrected chi connectivity index (χ3v) is 4.11. The molecule has 1 aliphatic rings. The quantitative estimate of drug-likeness (QED) is 0.887. The molecule has 3 nitrogen and oxygen atoms in total. The molecule has 2 rings (SSSR count). The maximum atomic E-state index is 11.6. The van der Waals surface area contributed by atoms with Gasteiger partial charge in [-0.25, -0.2) is 0 Å². The molecule has 0 bridgehead atoms. The van der Waals surface area contributed by atoms with E-state index in [1.54, 1.807) is 19.2 Å². The van der Waals surface area contributed by atoms with E-state index in [0.717, 1.165) is 18.5 Å². The van der Waals surface area contributed by atoms with Gasteiger partial charge in [0.1, 0.15) is 0 Å². The van der Waals surface area contributed by atoms with Crippen LogP contribution >= 0.6 is 11.6 Å². The summed E-state index contributed by atoms with van der Waals surface area (Å²) >= 11 is 6.20. The molecule has 0 heterocycles. The minimum Gasteiger partial charge on any atom is -0.381 e. The lowest BCUT2D eigenvalue weighted by Crippen LogP contribution is -2.20. The molecule has 104 valence electrons. The third kappa shape index (κ3) is 3.41. The maximum absolute atomic E-state index is 11.6. The number of rotatable bonds is 3. The van der Waals surface area contributed by atoms with E-state index in [0.29, 0.717) is 22.0 Å². The van der Waals surface area contributed by atoms with E-state index in [2.05, 4.69) is 24.5 Å². The summed E-state index contributed by atoms with van der Waals surface area (Å²) in [6.07, 6.45) is 3.50. The molecule has 0 radical (unpaired) electrons. The number of benzene rings is 1. The van der Waals surface area contributed by atoms with Crippen LogP contribution in [0.4, 0.5) is 5.69 Å². The summed E-state index contributed by atoms with van der Waals surface area (Å²) in [5.74, 6) is -0.0912. The molecule has 1 fully saturated rings. The van der Waals surface area contributed by atoms with Gasteiger partial charge in [-0.1, -0.05) is 25.4 Å². The van der Waals surface area contributed by atoms with Gasteiger partial charge in [0.25, 0.3) is 5.91 Å². The topological polar surface area (TPSA) is 41.1 Å². The van der Waals surface area contributed by atoms with Gasteiger partial charge < -0.3 is 10.6 Å². The molecular formula is C15H21ClN2O. The van der Waals surface area contributed by atoms with E-state index in [4.69, 9.17) is 11.6 Å². The van der Waals surface area contributed by atoms with Crippen molar-refractivity contribution in [2.75, 3.05) is 12.4 Å². The van der Waals surface area contributed by atoms with Crippen molar-refractivity contribution in [3.8, 4) is 0 Å². The molecule has 1 amide bonds. The summed E-state index contributed by atoms with van der Waals surface area (Å²) in [5, 5.41) is 6.76. The minimum atomic E-state index is -0.0912. The number of amides is 1. The van der Waals surface area contributed by atoms with Gasteiger partial charge in [0.05, 0.1) is 10.7 Å². The summed E-state index contributed by atoms with van der Waals surface area (Å²) < 4.78 is 0. The summed E-state index contributed by atoms with van der Waals surface area (Å²) in [5.41, 5.74) is 1.87. The number of anilines is 1. The molecule has 0 aliphatic heterocycles. The highest BCUT2D eigenvalue weighted by Gasteiger charge is 2.31. The van der Waals surface area contributed by atoms with Gasteiger partial charge in [-0.3, -0.25) is 4.79 Å². The van der Waals surface area contributed by atoms with Crippen LogP contribution in [-0.4, -0.2) is 19.0 Å². The van der Waals surface area contributed by atoms with E-state index >= 15 is 0 Å². The van der Waals surface area contributed by atoms with Crippen molar-refractivity contribution in [2.24, 2.45) is 5.41 Å². The lowest BCUT2D eigenvalue weighted by molar-refractivity contribution is 0.0963. The SMILES string of the molecule is CNC(=O)c1ccc(Cl)c(NC2CCC(C)(C)C2)c1. The highest BCUT2D eigenvalue weighted by molar-refractivity contribution is 6.33. The Morgan fingerprint density at radius 3 is 2.74 bits per heavy atom. The Bertz CT molecular complexity index is 485. The minimum absolute atomic E-state index is 0.0912. The normalized spacial score (nSPS) is 21.2. The molecule has 2 N–H and O–H groups in total. The van der Waals surface area contributed by atoms with Crippen molar-refractivity contribution in [1.29, 1.82) is 0 Å². The van der Waals surface area contributed by atoms with E-state index in [1.807, 2.05) is 6.07 Å². The van der Waals surface area contributed by atoms with Crippen LogP contribution < -0.4 is 10.6 Å². The molecule has 1 aromatic carbocycles. The second kappa shape index (κ2) is 5.41. The predicted octanol–water partition coefficient (Wildman–Crippen LogP) is 3.69. The second-order valence-corrected chi connectivity index (χ2v) is 6.43. The van der Waals surface area contributed by atoms with E-state index in [1.165, 1.54) is 6.42 Å². The van der Waals surface area contributed by atoms with Crippen LogP contribution in [0.15, 0.2) is 18.2 Å². The molecule has 0 saturated heterocycles. The Hall–Kier alpha value is -1.22. The molecule has 4 heteroatoms. The fraction of sp³-hybridized carbons (Fsp3) is 0.533. The first kappa shape index (κ1) is 14.2. The fourth-order valence-electron chi connectivity index (χ4n) is 2.70. The first-order valence-electron chi connectivity index (χ1n) is 6.69. The van der Waals surface area contributed by atoms with Crippen LogP contribution in [-0.2, 0) is 0 Å². The Labute approximate surface area is 119 Å². The zero-order valence-corrected chi connectivity index (χ0v) is 12.5. The number of hydrogen-bond acceptors (Lipinski definition) is 2. The summed E-state index contributed by atoms with van der Waals surface area (Å²) in [7, 11) is 1.63. The lowest BCUT2D eigenvalue weighted by Gasteiger charge is -2.19. The number of halogens is 1. The summed E-state index contributed by atoms with van der Waals surface area (Å²) in [6, 6.07) is 5.78. The van der Waals surface area contributed by atoms with Crippen LogP contribution in [0.3, 0.4) is 0 Å². The first-order chi connectivity index (χ1) is 8.91. The zero-order valence-electron chi connectivity index (χ0n) is 11.7. The molecule has 1 atom stereocenters. The molecule has 0 aromatic heterocycles. The second-order valence-electron chi connectivity index (χ2n) is 6.02. The van der Waals surface area contributed by atoms with Crippen molar-refractivity contribution in [2.45, 2.75) is 39.2 Å². The molecule has 1 aromatic rings. The van der Waals surface area contributed by atoms with E-state index in [-0.39, 0.29) is 5.91 Å². The van der Waals surface area contributed by atoms with Crippen LogP contribution in [0.1, 0.15) is 43.5 Å². The van der Waals surface area contributed by atoms with Crippen molar-refractivity contribution >= 4 is 23.2 Å². The number of nitrogens with one attached hydrogen (secondary N) is 2. The third-order valence-electron chi connectivity index (χ3n) is 3.78. The van der Waals surface area contributed by atoms with Gasteiger partial charge in [0.15, 0.2) is 0 Å². The van der Waals surface area contributed by atoms with Crippen LogP contribution in [0.5, 0.6) is 0 Å². The van der Waals surface area contributed by atoms with Crippen LogP contribution in [0.25, 0.3) is 0 Å². The zero-order chi connectivity index (χ0) is 14.0. The van der Waals surface area contributed by atoms with Gasteiger partial charge in [-0.05, 0) is 42.9 Å². The Morgan fingerprint density at radius 1 is 1.42 bits per heavy atom. The average molecular weight is 281 g/mol. The van der Waals surface area contributed by atoms with Crippen molar-refractivity contribution < 1.29 is 4.79 Å². The summed E-state index contributed by atoms with van der Waals surface area (Å²) in [4.78, 5) is 11.6. The average Bonchev–Trinajstić information content (AvgIpc) is 2.70. The highest BCUT2D eigenvalue weighted by atomic mass is 35.5. The molecule has 19 heavy (non-hydrogen) atoms. The predicted molar refractivity (Wildman–Crippen MR) is 79.9 cm³/mol.